The number of nitrogens with zero attached hydrogens (tertiary/aromatic N) is 3. The van der Waals surface area contributed by atoms with Crippen LogP contribution in [-0.4, -0.2) is 73.4 Å². The van der Waals surface area contributed by atoms with Crippen LogP contribution in [0.15, 0.2) is 48.5 Å². The lowest BCUT2D eigenvalue weighted by Gasteiger charge is -2.42. The molecule has 0 N–H and O–H groups in total. The lowest BCUT2D eigenvalue weighted by atomic mass is 9.96. The van der Waals surface area contributed by atoms with Gasteiger partial charge in [0.15, 0.2) is 0 Å². The van der Waals surface area contributed by atoms with Crippen molar-refractivity contribution in [3.8, 4) is 0 Å². The Balaban J connectivity index is 1.52. The van der Waals surface area contributed by atoms with Gasteiger partial charge in [-0.25, -0.2) is 8.78 Å². The van der Waals surface area contributed by atoms with Gasteiger partial charge in [-0.1, -0.05) is 24.3 Å². The van der Waals surface area contributed by atoms with Crippen LogP contribution >= 0.6 is 0 Å². The third kappa shape index (κ3) is 5.02. The summed E-state index contributed by atoms with van der Waals surface area (Å²) in [7, 11) is -3.58. The summed E-state index contributed by atoms with van der Waals surface area (Å²) in [4.78, 5) is 2.16. The molecule has 2 atom stereocenters. The van der Waals surface area contributed by atoms with Gasteiger partial charge in [0.2, 0.25) is 0 Å². The van der Waals surface area contributed by atoms with Gasteiger partial charge in [-0.2, -0.15) is 17.0 Å². The smallest absolute Gasteiger partial charge is 0.282 e. The van der Waals surface area contributed by atoms with Crippen LogP contribution in [0.5, 0.6) is 0 Å². The number of rotatable bonds is 5. The minimum absolute atomic E-state index is 0.142. The fourth-order valence-electron chi connectivity index (χ4n) is 4.58. The molecule has 2 aliphatic heterocycles. The van der Waals surface area contributed by atoms with Crippen molar-refractivity contribution in [3.05, 3.63) is 71.3 Å². The number of halogens is 2. The van der Waals surface area contributed by atoms with Crippen molar-refractivity contribution >= 4 is 10.2 Å². The van der Waals surface area contributed by atoms with Gasteiger partial charge in [0.05, 0.1) is 18.2 Å². The zero-order valence-electron chi connectivity index (χ0n) is 18.3. The summed E-state index contributed by atoms with van der Waals surface area (Å²) in [6, 6.07) is 12.3. The molecule has 2 fully saturated rings. The number of piperazine rings is 1. The molecule has 0 aromatic heterocycles. The molecule has 2 aromatic carbocycles. The van der Waals surface area contributed by atoms with E-state index in [1.807, 2.05) is 13.8 Å². The van der Waals surface area contributed by atoms with Gasteiger partial charge < -0.3 is 4.74 Å². The monoisotopic (exact) mass is 465 g/mol. The molecule has 174 valence electrons. The first-order chi connectivity index (χ1) is 15.2. The van der Waals surface area contributed by atoms with Crippen LogP contribution in [0.2, 0.25) is 0 Å². The Bertz CT molecular complexity index is 954. The van der Waals surface area contributed by atoms with E-state index in [9.17, 15) is 17.2 Å². The summed E-state index contributed by atoms with van der Waals surface area (Å²) >= 11 is 0. The van der Waals surface area contributed by atoms with Gasteiger partial charge in [-0.15, -0.1) is 0 Å². The highest BCUT2D eigenvalue weighted by molar-refractivity contribution is 7.86. The topological polar surface area (TPSA) is 53.1 Å². The summed E-state index contributed by atoms with van der Waals surface area (Å²) < 4.78 is 62.2. The number of morpholine rings is 1. The maximum atomic E-state index is 13.5. The second-order valence-electron chi connectivity index (χ2n) is 8.52. The van der Waals surface area contributed by atoms with Crippen molar-refractivity contribution in [3.63, 3.8) is 0 Å². The normalized spacial score (nSPS) is 24.2. The van der Waals surface area contributed by atoms with Crippen LogP contribution in [0, 0.1) is 11.6 Å². The van der Waals surface area contributed by atoms with E-state index >= 15 is 0 Å². The van der Waals surface area contributed by atoms with Gasteiger partial charge in [0, 0.05) is 39.3 Å². The van der Waals surface area contributed by atoms with Crippen molar-refractivity contribution < 1.29 is 21.9 Å². The summed E-state index contributed by atoms with van der Waals surface area (Å²) in [5, 5.41) is 0. The molecule has 2 heterocycles. The van der Waals surface area contributed by atoms with E-state index in [1.165, 1.54) is 32.9 Å². The van der Waals surface area contributed by atoms with Crippen LogP contribution < -0.4 is 0 Å². The molecule has 6 nitrogen and oxygen atoms in total. The van der Waals surface area contributed by atoms with E-state index in [4.69, 9.17) is 4.74 Å². The highest BCUT2D eigenvalue weighted by Crippen LogP contribution is 2.31. The molecular weight excluding hydrogens is 436 g/mol. The van der Waals surface area contributed by atoms with Gasteiger partial charge in [0.25, 0.3) is 10.2 Å². The Morgan fingerprint density at radius 2 is 1.22 bits per heavy atom. The zero-order valence-corrected chi connectivity index (χ0v) is 19.1. The van der Waals surface area contributed by atoms with Crippen LogP contribution in [0.1, 0.15) is 31.0 Å². The van der Waals surface area contributed by atoms with E-state index < -0.39 is 10.2 Å². The van der Waals surface area contributed by atoms with E-state index in [0.717, 1.165) is 11.1 Å². The van der Waals surface area contributed by atoms with E-state index in [2.05, 4.69) is 4.90 Å². The quantitative estimate of drug-likeness (QED) is 0.681. The SMILES string of the molecule is C[C@@H]1CN(S(=O)(=O)N2CCN(C(c3ccc(F)cc3)c3ccc(F)cc3)CC2)C[C@H](C)O1. The average molecular weight is 466 g/mol. The van der Waals surface area contributed by atoms with Gasteiger partial charge >= 0.3 is 0 Å². The van der Waals surface area contributed by atoms with Gasteiger partial charge in [0.1, 0.15) is 11.6 Å². The lowest BCUT2D eigenvalue weighted by molar-refractivity contribution is -0.0458. The van der Waals surface area contributed by atoms with Crippen molar-refractivity contribution in [2.24, 2.45) is 0 Å². The molecule has 2 saturated heterocycles. The van der Waals surface area contributed by atoms with E-state index in [-0.39, 0.29) is 29.9 Å². The predicted molar refractivity (Wildman–Crippen MR) is 118 cm³/mol. The first-order valence-corrected chi connectivity index (χ1v) is 12.3. The van der Waals surface area contributed by atoms with Crippen molar-refractivity contribution in [1.82, 2.24) is 13.5 Å². The molecule has 0 aliphatic carbocycles. The zero-order chi connectivity index (χ0) is 22.9. The van der Waals surface area contributed by atoms with Crippen molar-refractivity contribution in [2.75, 3.05) is 39.3 Å². The van der Waals surface area contributed by atoms with Crippen LogP contribution in [0.25, 0.3) is 0 Å². The second kappa shape index (κ2) is 9.52. The Morgan fingerprint density at radius 1 is 0.781 bits per heavy atom. The lowest BCUT2D eigenvalue weighted by Crippen LogP contribution is -2.57. The summed E-state index contributed by atoms with van der Waals surface area (Å²) in [6.45, 7) is 6.17. The van der Waals surface area contributed by atoms with Gasteiger partial charge in [-0.05, 0) is 49.2 Å². The van der Waals surface area contributed by atoms with E-state index in [1.54, 1.807) is 24.3 Å². The Hall–Kier alpha value is -1.91. The average Bonchev–Trinajstić information content (AvgIpc) is 2.76. The molecule has 0 radical (unpaired) electrons. The van der Waals surface area contributed by atoms with E-state index in [0.29, 0.717) is 39.3 Å². The largest absolute Gasteiger partial charge is 0.373 e. The standard InChI is InChI=1S/C23H29F2N3O3S/c1-17-15-28(16-18(2)31-17)32(29,30)27-13-11-26(12-14-27)23(19-3-7-21(24)8-4-19)20-5-9-22(25)10-6-20/h3-10,17-18,23H,11-16H2,1-2H3/t17-,18+. The Labute approximate surface area is 188 Å². The molecule has 4 rings (SSSR count). The minimum atomic E-state index is -3.58. The van der Waals surface area contributed by atoms with Crippen LogP contribution in [0.4, 0.5) is 8.78 Å². The molecule has 0 bridgehead atoms. The molecule has 0 unspecified atom stereocenters. The highest BCUT2D eigenvalue weighted by Gasteiger charge is 2.38. The molecular formula is C23H29F2N3O3S. The Kier molecular flexibility index (Phi) is 6.92. The number of hydrogen-bond acceptors (Lipinski definition) is 4. The van der Waals surface area contributed by atoms with Crippen LogP contribution in [-0.2, 0) is 14.9 Å². The highest BCUT2D eigenvalue weighted by atomic mass is 32.2. The summed E-state index contributed by atoms with van der Waals surface area (Å²) in [5.41, 5.74) is 1.76. The third-order valence-electron chi connectivity index (χ3n) is 6.05. The fourth-order valence-corrected chi connectivity index (χ4v) is 6.33. The number of hydrogen-bond donors (Lipinski definition) is 0. The number of ether oxygens (including phenoxy) is 1. The first kappa shape index (κ1) is 23.3. The molecule has 0 spiro atoms. The number of benzene rings is 2. The maximum Gasteiger partial charge on any atom is 0.282 e. The van der Waals surface area contributed by atoms with Crippen LogP contribution in [0.3, 0.4) is 0 Å². The molecule has 9 heteroatoms. The second-order valence-corrected chi connectivity index (χ2v) is 10.5. The fraction of sp³-hybridized carbons (Fsp3) is 0.478. The molecule has 2 aromatic rings. The van der Waals surface area contributed by atoms with Crippen molar-refractivity contribution in [2.45, 2.75) is 32.1 Å². The maximum absolute atomic E-state index is 13.5. The first-order valence-electron chi connectivity index (χ1n) is 10.9. The molecule has 0 saturated carbocycles. The molecule has 0 amide bonds. The third-order valence-corrected chi connectivity index (χ3v) is 8.02. The predicted octanol–water partition coefficient (Wildman–Crippen LogP) is 3.03. The Morgan fingerprint density at radius 3 is 1.66 bits per heavy atom. The molecule has 32 heavy (non-hydrogen) atoms. The summed E-state index contributed by atoms with van der Waals surface area (Å²) in [6.07, 6.45) is -0.285. The van der Waals surface area contributed by atoms with Crippen molar-refractivity contribution in [1.29, 1.82) is 0 Å². The van der Waals surface area contributed by atoms with Gasteiger partial charge in [-0.3, -0.25) is 4.90 Å². The summed E-state index contributed by atoms with van der Waals surface area (Å²) in [5.74, 6) is -0.645. The molecule has 2 aliphatic rings. The minimum Gasteiger partial charge on any atom is -0.373 e.